The predicted octanol–water partition coefficient (Wildman–Crippen LogP) is 3.00. The molecule has 0 aliphatic heterocycles. The number of ether oxygens (including phenoxy) is 1. The van der Waals surface area contributed by atoms with E-state index in [1.807, 2.05) is 19.1 Å². The van der Waals surface area contributed by atoms with Gasteiger partial charge in [0.2, 0.25) is 0 Å². The molecule has 0 aromatic heterocycles. The molecule has 5 heteroatoms. The first-order valence-corrected chi connectivity index (χ1v) is 7.25. The van der Waals surface area contributed by atoms with Crippen LogP contribution in [0.25, 0.3) is 0 Å². The van der Waals surface area contributed by atoms with Gasteiger partial charge >= 0.3 is 0 Å². The standard InChI is InChI=1S/C16H26N2O2.ClH/c1-12(2)9-11-20-15-6-4-14(5-7-15)16(19)18-10-8-13(3)17;/h4-7,12-13H,8-11,17H2,1-3H3,(H,18,19);1H. The molecular weight excluding hydrogens is 288 g/mol. The van der Waals surface area contributed by atoms with Gasteiger partial charge in [0, 0.05) is 18.2 Å². The minimum atomic E-state index is -0.0700. The van der Waals surface area contributed by atoms with E-state index < -0.39 is 0 Å². The number of halogens is 1. The van der Waals surface area contributed by atoms with Crippen molar-refractivity contribution in [2.75, 3.05) is 13.2 Å². The van der Waals surface area contributed by atoms with Crippen molar-refractivity contribution in [2.45, 2.75) is 39.7 Å². The summed E-state index contributed by atoms with van der Waals surface area (Å²) in [5.41, 5.74) is 6.28. The van der Waals surface area contributed by atoms with Crippen LogP contribution < -0.4 is 15.8 Å². The van der Waals surface area contributed by atoms with Crippen molar-refractivity contribution in [3.05, 3.63) is 29.8 Å². The zero-order valence-electron chi connectivity index (χ0n) is 13.1. The summed E-state index contributed by atoms with van der Waals surface area (Å²) in [6.07, 6.45) is 1.81. The maximum atomic E-state index is 11.8. The van der Waals surface area contributed by atoms with E-state index in [2.05, 4.69) is 19.2 Å². The van der Waals surface area contributed by atoms with Crippen LogP contribution in [0.3, 0.4) is 0 Å². The molecule has 0 aliphatic carbocycles. The van der Waals surface area contributed by atoms with Crippen LogP contribution in [0.2, 0.25) is 0 Å². The Balaban J connectivity index is 0.00000400. The van der Waals surface area contributed by atoms with Crippen LogP contribution in [0, 0.1) is 5.92 Å². The Morgan fingerprint density at radius 2 is 1.81 bits per heavy atom. The van der Waals surface area contributed by atoms with Crippen molar-refractivity contribution >= 4 is 18.3 Å². The first-order chi connectivity index (χ1) is 9.49. The Morgan fingerprint density at radius 1 is 1.19 bits per heavy atom. The number of nitrogens with two attached hydrogens (primary N) is 1. The van der Waals surface area contributed by atoms with Crippen LogP contribution in [0.15, 0.2) is 24.3 Å². The molecule has 4 nitrogen and oxygen atoms in total. The van der Waals surface area contributed by atoms with Gasteiger partial charge in [-0.15, -0.1) is 12.4 Å². The lowest BCUT2D eigenvalue weighted by molar-refractivity contribution is 0.0953. The quantitative estimate of drug-likeness (QED) is 0.775. The molecule has 0 saturated heterocycles. The average Bonchev–Trinajstić information content (AvgIpc) is 2.38. The van der Waals surface area contributed by atoms with Crippen molar-refractivity contribution in [2.24, 2.45) is 11.7 Å². The molecule has 21 heavy (non-hydrogen) atoms. The van der Waals surface area contributed by atoms with E-state index >= 15 is 0 Å². The van der Waals surface area contributed by atoms with Gasteiger partial charge in [-0.05, 0) is 49.9 Å². The van der Waals surface area contributed by atoms with Gasteiger partial charge in [-0.1, -0.05) is 13.8 Å². The molecule has 1 aromatic rings. The SMILES string of the molecule is CC(C)CCOc1ccc(C(=O)NCCC(C)N)cc1.Cl. The van der Waals surface area contributed by atoms with Crippen LogP contribution in [-0.4, -0.2) is 25.1 Å². The van der Waals surface area contributed by atoms with Gasteiger partial charge in [-0.25, -0.2) is 0 Å². The molecule has 3 N–H and O–H groups in total. The number of carbonyl (C=O) groups excluding carboxylic acids is 1. The Bertz CT molecular complexity index is 405. The highest BCUT2D eigenvalue weighted by Crippen LogP contribution is 2.13. The fraction of sp³-hybridized carbons (Fsp3) is 0.562. The van der Waals surface area contributed by atoms with Gasteiger partial charge in [0.1, 0.15) is 5.75 Å². The summed E-state index contributed by atoms with van der Waals surface area (Å²) in [6, 6.07) is 7.34. The number of hydrogen-bond donors (Lipinski definition) is 2. The number of benzene rings is 1. The highest BCUT2D eigenvalue weighted by molar-refractivity contribution is 5.94. The largest absolute Gasteiger partial charge is 0.494 e. The lowest BCUT2D eigenvalue weighted by atomic mass is 10.1. The number of amides is 1. The van der Waals surface area contributed by atoms with Gasteiger partial charge in [0.25, 0.3) is 5.91 Å². The maximum absolute atomic E-state index is 11.8. The Morgan fingerprint density at radius 3 is 2.33 bits per heavy atom. The molecule has 0 aliphatic rings. The van der Waals surface area contributed by atoms with E-state index in [1.165, 1.54) is 0 Å². The molecular formula is C16H27ClN2O2. The number of hydrogen-bond acceptors (Lipinski definition) is 3. The zero-order chi connectivity index (χ0) is 15.0. The lowest BCUT2D eigenvalue weighted by Gasteiger charge is -2.09. The average molecular weight is 315 g/mol. The number of nitrogens with one attached hydrogen (secondary N) is 1. The molecule has 0 radical (unpaired) electrons. The van der Waals surface area contributed by atoms with Crippen LogP contribution in [-0.2, 0) is 0 Å². The molecule has 1 amide bonds. The van der Waals surface area contributed by atoms with E-state index in [-0.39, 0.29) is 24.4 Å². The topological polar surface area (TPSA) is 64.3 Å². The molecule has 1 aromatic carbocycles. The third-order valence-electron chi connectivity index (χ3n) is 2.97. The molecule has 0 bridgehead atoms. The molecule has 0 spiro atoms. The van der Waals surface area contributed by atoms with Crippen LogP contribution in [0.4, 0.5) is 0 Å². The maximum Gasteiger partial charge on any atom is 0.251 e. The van der Waals surface area contributed by atoms with Crippen molar-refractivity contribution in [1.29, 1.82) is 0 Å². The molecule has 0 saturated carbocycles. The fourth-order valence-electron chi connectivity index (χ4n) is 1.63. The summed E-state index contributed by atoms with van der Waals surface area (Å²) in [5, 5.41) is 2.85. The summed E-state index contributed by atoms with van der Waals surface area (Å²) in [4.78, 5) is 11.8. The summed E-state index contributed by atoms with van der Waals surface area (Å²) >= 11 is 0. The van der Waals surface area contributed by atoms with E-state index in [0.717, 1.165) is 18.6 Å². The van der Waals surface area contributed by atoms with Gasteiger partial charge in [-0.2, -0.15) is 0 Å². The van der Waals surface area contributed by atoms with Crippen LogP contribution in [0.5, 0.6) is 5.75 Å². The van der Waals surface area contributed by atoms with E-state index in [1.54, 1.807) is 12.1 Å². The van der Waals surface area contributed by atoms with Crippen molar-refractivity contribution < 1.29 is 9.53 Å². The molecule has 1 atom stereocenters. The highest BCUT2D eigenvalue weighted by atomic mass is 35.5. The third kappa shape index (κ3) is 8.58. The number of rotatable bonds is 8. The van der Waals surface area contributed by atoms with Crippen LogP contribution in [0.1, 0.15) is 44.0 Å². The van der Waals surface area contributed by atoms with Gasteiger partial charge < -0.3 is 15.8 Å². The van der Waals surface area contributed by atoms with Crippen molar-refractivity contribution in [3.63, 3.8) is 0 Å². The normalized spacial score (nSPS) is 11.7. The molecule has 0 heterocycles. The second-order valence-corrected chi connectivity index (χ2v) is 5.58. The predicted molar refractivity (Wildman–Crippen MR) is 89.2 cm³/mol. The molecule has 1 rings (SSSR count). The summed E-state index contributed by atoms with van der Waals surface area (Å²) < 4.78 is 5.62. The minimum absolute atomic E-state index is 0. The molecule has 0 fully saturated rings. The highest BCUT2D eigenvalue weighted by Gasteiger charge is 2.05. The summed E-state index contributed by atoms with van der Waals surface area (Å²) in [5.74, 6) is 1.36. The summed E-state index contributed by atoms with van der Waals surface area (Å²) in [7, 11) is 0. The summed E-state index contributed by atoms with van der Waals surface area (Å²) in [6.45, 7) is 7.56. The van der Waals surface area contributed by atoms with Gasteiger partial charge in [0.15, 0.2) is 0 Å². The monoisotopic (exact) mass is 314 g/mol. The number of carbonyl (C=O) groups is 1. The first-order valence-electron chi connectivity index (χ1n) is 7.25. The fourth-order valence-corrected chi connectivity index (χ4v) is 1.63. The van der Waals surface area contributed by atoms with Gasteiger partial charge in [0.05, 0.1) is 6.61 Å². The van der Waals surface area contributed by atoms with E-state index in [9.17, 15) is 4.79 Å². The lowest BCUT2D eigenvalue weighted by Crippen LogP contribution is -2.28. The molecule has 1 unspecified atom stereocenters. The Hall–Kier alpha value is -1.26. The van der Waals surface area contributed by atoms with Crippen molar-refractivity contribution in [1.82, 2.24) is 5.32 Å². The Labute approximate surface area is 133 Å². The van der Waals surface area contributed by atoms with Crippen LogP contribution >= 0.6 is 12.4 Å². The van der Waals surface area contributed by atoms with Gasteiger partial charge in [-0.3, -0.25) is 4.79 Å². The second kappa shape index (κ2) is 10.5. The first kappa shape index (κ1) is 19.7. The Kier molecular flexibility index (Phi) is 9.84. The zero-order valence-corrected chi connectivity index (χ0v) is 13.9. The molecule has 120 valence electrons. The smallest absolute Gasteiger partial charge is 0.251 e. The van der Waals surface area contributed by atoms with E-state index in [0.29, 0.717) is 24.6 Å². The van der Waals surface area contributed by atoms with E-state index in [4.69, 9.17) is 10.5 Å². The second-order valence-electron chi connectivity index (χ2n) is 5.58. The van der Waals surface area contributed by atoms with Crippen molar-refractivity contribution in [3.8, 4) is 5.75 Å². The minimum Gasteiger partial charge on any atom is -0.494 e. The third-order valence-corrected chi connectivity index (χ3v) is 2.97.